The molecule has 9 nitrogen and oxygen atoms in total. The van der Waals surface area contributed by atoms with Crippen molar-refractivity contribution in [1.82, 2.24) is 0 Å². The molecule has 0 amide bonds. The quantitative estimate of drug-likeness (QED) is 0.0256. The number of hydrogen-bond acceptors (Lipinski definition) is 8. The predicted octanol–water partition coefficient (Wildman–Crippen LogP) is 25.6. The van der Waals surface area contributed by atoms with E-state index in [1.54, 1.807) is 0 Å². The summed E-state index contributed by atoms with van der Waals surface area (Å²) in [5.74, 6) is -2.24. The van der Waals surface area contributed by atoms with Gasteiger partial charge in [0, 0.05) is 12.8 Å². The average molecular weight is 1320 g/mol. The molecule has 0 bridgehead atoms. The Bertz CT molecular complexity index is 1480. The van der Waals surface area contributed by atoms with Crippen molar-refractivity contribution in [2.75, 3.05) is 47.5 Å². The predicted molar refractivity (Wildman–Crippen MR) is 399 cm³/mol. The van der Waals surface area contributed by atoms with E-state index in [0.29, 0.717) is 17.4 Å². The Morgan fingerprint density at radius 2 is 0.484 bits per heavy atom. The van der Waals surface area contributed by atoms with Gasteiger partial charge in [0.2, 0.25) is 0 Å². The van der Waals surface area contributed by atoms with E-state index in [-0.39, 0.29) is 32.2 Å². The van der Waals surface area contributed by atoms with Crippen molar-refractivity contribution >= 4 is 17.9 Å². The van der Waals surface area contributed by atoms with Gasteiger partial charge in [-0.2, -0.15) is 0 Å². The highest BCUT2D eigenvalue weighted by Crippen LogP contribution is 2.21. The van der Waals surface area contributed by atoms with Crippen molar-refractivity contribution in [2.24, 2.45) is 0 Å². The molecule has 0 spiro atoms. The van der Waals surface area contributed by atoms with Crippen molar-refractivity contribution in [1.29, 1.82) is 0 Å². The smallest absolute Gasteiger partial charge is 0.306 e. The van der Waals surface area contributed by atoms with Gasteiger partial charge in [-0.1, -0.05) is 438 Å². The SMILES string of the molecule is CCCCCCCCCCCCCCCCCCCCCCCCCCCCCCCCCCCCCC(=O)OC(COC(=O)CCCCCCCCCCCCCCCCCCCCCCCCCCCCCCCCCCC)COC(OCC[N+](C)(C)C)C(=O)[O-]. The molecule has 0 heterocycles. The fourth-order valence-corrected chi connectivity index (χ4v) is 13.4. The Morgan fingerprint density at radius 3 is 0.688 bits per heavy atom. The van der Waals surface area contributed by atoms with Crippen molar-refractivity contribution < 1.29 is 42.9 Å². The van der Waals surface area contributed by atoms with Crippen molar-refractivity contribution in [3.05, 3.63) is 0 Å². The first-order chi connectivity index (χ1) is 45.6. The zero-order chi connectivity index (χ0) is 67.5. The van der Waals surface area contributed by atoms with E-state index >= 15 is 0 Å². The molecule has 9 heteroatoms. The number of carbonyl (C=O) groups is 3. The standard InChI is InChI=1S/C84H165NO8/c1-6-8-10-12-14-16-18-20-22-24-26-28-30-32-34-36-38-40-41-43-45-47-49-51-53-55-57-59-61-63-65-67-69-71-73-75-82(87)93-80(79-92-84(83(88)89)90-77-76-85(3,4)5)78-91-81(86)74-72-70-68-66-64-62-60-58-56-54-52-50-48-46-44-42-39-37-35-33-31-29-27-25-23-21-19-17-15-13-11-9-7-2/h80,84H,6-79H2,1-5H3. The second-order valence-corrected chi connectivity index (χ2v) is 30.5. The van der Waals surface area contributed by atoms with E-state index < -0.39 is 24.3 Å². The molecule has 0 aromatic rings. The van der Waals surface area contributed by atoms with Crippen LogP contribution >= 0.6 is 0 Å². The number of carbonyl (C=O) groups excluding carboxylic acids is 3. The number of rotatable bonds is 81. The number of hydrogen-bond donors (Lipinski definition) is 0. The Kier molecular flexibility index (Phi) is 74.7. The van der Waals surface area contributed by atoms with Crippen LogP contribution in [0.1, 0.15) is 463 Å². The lowest BCUT2D eigenvalue weighted by Crippen LogP contribution is -2.44. The van der Waals surface area contributed by atoms with Gasteiger partial charge in [0.05, 0.1) is 40.3 Å². The third-order valence-corrected chi connectivity index (χ3v) is 19.9. The molecule has 0 aliphatic rings. The number of ether oxygens (including phenoxy) is 4. The summed E-state index contributed by atoms with van der Waals surface area (Å²) in [7, 11) is 5.96. The van der Waals surface area contributed by atoms with Crippen LogP contribution in [0.25, 0.3) is 0 Å². The minimum absolute atomic E-state index is 0.154. The van der Waals surface area contributed by atoms with Gasteiger partial charge >= 0.3 is 11.9 Å². The van der Waals surface area contributed by atoms with E-state index in [0.717, 1.165) is 38.5 Å². The molecule has 2 atom stereocenters. The molecule has 0 rings (SSSR count). The highest BCUT2D eigenvalue weighted by Gasteiger charge is 2.22. The van der Waals surface area contributed by atoms with E-state index in [1.807, 2.05) is 21.1 Å². The van der Waals surface area contributed by atoms with Crippen LogP contribution in [-0.4, -0.2) is 82.3 Å². The maximum absolute atomic E-state index is 13.0. The molecule has 0 saturated carbocycles. The van der Waals surface area contributed by atoms with E-state index in [9.17, 15) is 19.5 Å². The Balaban J connectivity index is 3.92. The summed E-state index contributed by atoms with van der Waals surface area (Å²) in [6, 6.07) is 0. The first-order valence-corrected chi connectivity index (χ1v) is 42.2. The second kappa shape index (κ2) is 76.1. The average Bonchev–Trinajstić information content (AvgIpc) is 3.74. The highest BCUT2D eigenvalue weighted by atomic mass is 16.7. The normalized spacial score (nSPS) is 12.5. The van der Waals surface area contributed by atoms with Crippen molar-refractivity contribution in [3.8, 4) is 0 Å². The number of esters is 2. The summed E-state index contributed by atoms with van der Waals surface area (Å²) in [6.45, 7) is 4.86. The van der Waals surface area contributed by atoms with Crippen LogP contribution in [-0.2, 0) is 33.3 Å². The largest absolute Gasteiger partial charge is 0.545 e. The molecule has 554 valence electrons. The number of quaternary nitrogens is 1. The maximum Gasteiger partial charge on any atom is 0.306 e. The molecule has 0 aliphatic carbocycles. The Hall–Kier alpha value is -1.71. The zero-order valence-electron chi connectivity index (χ0n) is 63.7. The summed E-state index contributed by atoms with van der Waals surface area (Å²) in [6.07, 6.45) is 91.2. The van der Waals surface area contributed by atoms with Crippen LogP contribution in [0.5, 0.6) is 0 Å². The summed E-state index contributed by atoms with van der Waals surface area (Å²) >= 11 is 0. The van der Waals surface area contributed by atoms with Gasteiger partial charge in [0.15, 0.2) is 12.4 Å². The van der Waals surface area contributed by atoms with Gasteiger partial charge in [-0.05, 0) is 12.8 Å². The number of carboxylic acid groups (broad SMARTS) is 1. The lowest BCUT2D eigenvalue weighted by Gasteiger charge is -2.26. The first kappa shape index (κ1) is 91.3. The van der Waals surface area contributed by atoms with E-state index in [1.165, 1.54) is 398 Å². The van der Waals surface area contributed by atoms with E-state index in [4.69, 9.17) is 18.9 Å². The van der Waals surface area contributed by atoms with Crippen molar-refractivity contribution in [3.63, 3.8) is 0 Å². The minimum atomic E-state index is -1.62. The number of carboxylic acids is 1. The molecule has 93 heavy (non-hydrogen) atoms. The molecule has 0 aliphatic heterocycles. The molecule has 2 unspecified atom stereocenters. The van der Waals surface area contributed by atoms with Crippen molar-refractivity contribution in [2.45, 2.75) is 476 Å². The fraction of sp³-hybridized carbons (Fsp3) is 0.964. The van der Waals surface area contributed by atoms with Gasteiger partial charge < -0.3 is 33.3 Å². The molecule has 0 aromatic carbocycles. The fourth-order valence-electron chi connectivity index (χ4n) is 13.4. The van der Waals surface area contributed by atoms with Gasteiger partial charge in [0.1, 0.15) is 13.2 Å². The lowest BCUT2D eigenvalue weighted by atomic mass is 10.0. The van der Waals surface area contributed by atoms with Crippen LogP contribution < -0.4 is 5.11 Å². The van der Waals surface area contributed by atoms with Crippen LogP contribution in [0.15, 0.2) is 0 Å². The lowest BCUT2D eigenvalue weighted by molar-refractivity contribution is -0.870. The molecule has 0 aromatic heterocycles. The zero-order valence-corrected chi connectivity index (χ0v) is 63.7. The number of nitrogens with zero attached hydrogens (tertiary/aromatic N) is 1. The monoisotopic (exact) mass is 1320 g/mol. The Morgan fingerprint density at radius 1 is 0.280 bits per heavy atom. The summed E-state index contributed by atoms with van der Waals surface area (Å²) < 4.78 is 22.9. The number of likely N-dealkylation sites (N-methyl/N-ethyl adjacent to an activating group) is 1. The number of aliphatic carboxylic acids is 1. The molecule has 0 fully saturated rings. The van der Waals surface area contributed by atoms with Crippen LogP contribution in [0, 0.1) is 0 Å². The Labute approximate surface area is 581 Å². The third-order valence-electron chi connectivity index (χ3n) is 19.9. The highest BCUT2D eigenvalue weighted by molar-refractivity contribution is 5.70. The third kappa shape index (κ3) is 77.5. The minimum Gasteiger partial charge on any atom is -0.545 e. The summed E-state index contributed by atoms with van der Waals surface area (Å²) in [5, 5.41) is 11.9. The van der Waals surface area contributed by atoms with Gasteiger partial charge in [-0.3, -0.25) is 9.59 Å². The van der Waals surface area contributed by atoms with Crippen LogP contribution in [0.4, 0.5) is 0 Å². The summed E-state index contributed by atoms with van der Waals surface area (Å²) in [4.78, 5) is 37.6. The van der Waals surface area contributed by atoms with E-state index in [2.05, 4.69) is 13.8 Å². The number of unbranched alkanes of at least 4 members (excludes halogenated alkanes) is 66. The van der Waals surface area contributed by atoms with Crippen LogP contribution in [0.3, 0.4) is 0 Å². The molecule has 0 N–H and O–H groups in total. The molecular weight excluding hydrogens is 1150 g/mol. The van der Waals surface area contributed by atoms with Gasteiger partial charge in [-0.25, -0.2) is 0 Å². The molecular formula is C84H165NO8. The second-order valence-electron chi connectivity index (χ2n) is 30.5. The van der Waals surface area contributed by atoms with Gasteiger partial charge in [-0.15, -0.1) is 0 Å². The maximum atomic E-state index is 13.0. The molecule has 0 radical (unpaired) electrons. The molecule has 0 saturated heterocycles. The first-order valence-electron chi connectivity index (χ1n) is 42.2. The summed E-state index contributed by atoms with van der Waals surface area (Å²) in [5.41, 5.74) is 0. The van der Waals surface area contributed by atoms with Crippen LogP contribution in [0.2, 0.25) is 0 Å². The topological polar surface area (TPSA) is 111 Å². The van der Waals surface area contributed by atoms with Gasteiger partial charge in [0.25, 0.3) is 0 Å².